The maximum atomic E-state index is 12.9. The van der Waals surface area contributed by atoms with Crippen LogP contribution in [0.5, 0.6) is 0 Å². The molecule has 1 aromatic heterocycles. The number of hydrogen-bond acceptors (Lipinski definition) is 5. The lowest BCUT2D eigenvalue weighted by Gasteiger charge is -2.22. The summed E-state index contributed by atoms with van der Waals surface area (Å²) in [5.41, 5.74) is 1.21. The highest BCUT2D eigenvalue weighted by atomic mass is 32.2. The fourth-order valence-corrected chi connectivity index (χ4v) is 4.60. The van der Waals surface area contributed by atoms with Crippen molar-refractivity contribution < 1.29 is 22.5 Å². The van der Waals surface area contributed by atoms with Gasteiger partial charge >= 0.3 is 0 Å². The summed E-state index contributed by atoms with van der Waals surface area (Å²) in [4.78, 5) is 15.5. The minimum absolute atomic E-state index is 0.165. The van der Waals surface area contributed by atoms with Gasteiger partial charge in [-0.1, -0.05) is 13.8 Å². The lowest BCUT2D eigenvalue weighted by Crippen LogP contribution is -3.08. The van der Waals surface area contributed by atoms with E-state index in [0.29, 0.717) is 25.3 Å². The summed E-state index contributed by atoms with van der Waals surface area (Å²) in [6.45, 7) is 5.18. The van der Waals surface area contributed by atoms with Gasteiger partial charge in [-0.05, 0) is 30.3 Å². The van der Waals surface area contributed by atoms with Gasteiger partial charge < -0.3 is 19.5 Å². The van der Waals surface area contributed by atoms with Crippen LogP contribution < -0.4 is 15.1 Å². The van der Waals surface area contributed by atoms with E-state index >= 15 is 0 Å². The maximum absolute atomic E-state index is 12.9. The van der Waals surface area contributed by atoms with Crippen LogP contribution >= 0.6 is 0 Å². The molecule has 0 radical (unpaired) electrons. The zero-order chi connectivity index (χ0) is 21.6. The van der Waals surface area contributed by atoms with Crippen LogP contribution in [0.2, 0.25) is 0 Å². The van der Waals surface area contributed by atoms with Gasteiger partial charge in [-0.3, -0.25) is 4.79 Å². The van der Waals surface area contributed by atoms with Crippen molar-refractivity contribution in [1.29, 1.82) is 0 Å². The average Bonchev–Trinajstić information content (AvgIpc) is 3.14. The molecule has 0 saturated carbocycles. The van der Waals surface area contributed by atoms with Crippen molar-refractivity contribution in [3.63, 3.8) is 0 Å². The van der Waals surface area contributed by atoms with Crippen molar-refractivity contribution in [1.82, 2.24) is 4.31 Å². The zero-order valence-electron chi connectivity index (χ0n) is 17.7. The Hall–Kier alpha value is -2.36. The highest BCUT2D eigenvalue weighted by Gasteiger charge is 2.23. The fraction of sp³-hybridized carbons (Fsp3) is 0.450. The van der Waals surface area contributed by atoms with Crippen LogP contribution in [0.4, 0.5) is 11.4 Å². The number of quaternary nitrogens is 1. The molecule has 0 aliphatic rings. The molecule has 160 valence electrons. The molecule has 1 unspecified atom stereocenters. The molecule has 0 fully saturated rings. The fourth-order valence-electron chi connectivity index (χ4n) is 3.12. The molecular weight excluding hydrogens is 392 g/mol. The van der Waals surface area contributed by atoms with Crippen LogP contribution in [-0.2, 0) is 21.4 Å². The Balaban J connectivity index is 2.22. The third-order valence-electron chi connectivity index (χ3n) is 4.59. The highest BCUT2D eigenvalue weighted by Crippen LogP contribution is 2.29. The summed E-state index contributed by atoms with van der Waals surface area (Å²) in [6, 6.07) is 8.50. The molecule has 1 aromatic carbocycles. The van der Waals surface area contributed by atoms with Gasteiger partial charge in [0.1, 0.15) is 6.54 Å². The molecule has 1 atom stereocenters. The number of amides is 1. The van der Waals surface area contributed by atoms with E-state index in [4.69, 9.17) is 4.42 Å². The predicted molar refractivity (Wildman–Crippen MR) is 114 cm³/mol. The molecule has 0 aliphatic heterocycles. The number of sulfonamides is 1. The van der Waals surface area contributed by atoms with E-state index in [2.05, 4.69) is 5.32 Å². The molecule has 9 heteroatoms. The monoisotopic (exact) mass is 423 g/mol. The minimum Gasteiger partial charge on any atom is -0.463 e. The number of nitrogens with zero attached hydrogens (tertiary/aromatic N) is 2. The first-order chi connectivity index (χ1) is 13.7. The first kappa shape index (κ1) is 22.9. The number of carbonyl (C=O) groups excluding carboxylic acids is 1. The third kappa shape index (κ3) is 5.81. The number of rotatable bonds is 10. The van der Waals surface area contributed by atoms with E-state index in [1.54, 1.807) is 32.2 Å². The minimum atomic E-state index is -3.61. The quantitative estimate of drug-likeness (QED) is 0.596. The van der Waals surface area contributed by atoms with Crippen molar-refractivity contribution in [3.8, 4) is 0 Å². The van der Waals surface area contributed by atoms with Crippen LogP contribution in [0.25, 0.3) is 0 Å². The Morgan fingerprint density at radius 3 is 2.41 bits per heavy atom. The highest BCUT2D eigenvalue weighted by molar-refractivity contribution is 7.89. The molecule has 2 rings (SSSR count). The van der Waals surface area contributed by atoms with Gasteiger partial charge in [-0.2, -0.15) is 4.31 Å². The molecule has 2 N–H and O–H groups in total. The second kappa shape index (κ2) is 9.91. The van der Waals surface area contributed by atoms with E-state index in [0.717, 1.165) is 16.3 Å². The Bertz CT molecular complexity index is 907. The summed E-state index contributed by atoms with van der Waals surface area (Å²) in [7, 11) is 1.98. The summed E-state index contributed by atoms with van der Waals surface area (Å²) in [5, 5.41) is 2.87. The number of anilines is 2. The Morgan fingerprint density at radius 2 is 1.86 bits per heavy atom. The largest absolute Gasteiger partial charge is 0.463 e. The van der Waals surface area contributed by atoms with E-state index < -0.39 is 10.0 Å². The number of carbonyl (C=O) groups is 1. The molecule has 29 heavy (non-hydrogen) atoms. The first-order valence-electron chi connectivity index (χ1n) is 9.64. The average molecular weight is 424 g/mol. The summed E-state index contributed by atoms with van der Waals surface area (Å²) < 4.78 is 32.4. The number of likely N-dealkylation sites (N-methyl/N-ethyl adjacent to an activating group) is 1. The Morgan fingerprint density at radius 1 is 1.17 bits per heavy atom. The smallest absolute Gasteiger partial charge is 0.279 e. The van der Waals surface area contributed by atoms with E-state index in [9.17, 15) is 13.2 Å². The lowest BCUT2D eigenvalue weighted by atomic mass is 10.2. The van der Waals surface area contributed by atoms with E-state index in [1.165, 1.54) is 10.4 Å². The Kier molecular flexibility index (Phi) is 7.83. The number of benzene rings is 1. The van der Waals surface area contributed by atoms with Gasteiger partial charge in [0.2, 0.25) is 10.0 Å². The normalized spacial score (nSPS) is 12.8. The molecule has 1 amide bonds. The van der Waals surface area contributed by atoms with Crippen LogP contribution in [-0.4, -0.2) is 59.4 Å². The first-order valence-corrected chi connectivity index (χ1v) is 11.1. The molecule has 1 heterocycles. The summed E-state index contributed by atoms with van der Waals surface area (Å²) in [6.07, 6.45) is 1.61. The van der Waals surface area contributed by atoms with Crippen molar-refractivity contribution in [3.05, 3.63) is 42.4 Å². The zero-order valence-corrected chi connectivity index (χ0v) is 18.5. The van der Waals surface area contributed by atoms with Crippen molar-refractivity contribution in [2.45, 2.75) is 25.3 Å². The predicted octanol–water partition coefficient (Wildman–Crippen LogP) is 1.03. The second-order valence-electron chi connectivity index (χ2n) is 7.10. The van der Waals surface area contributed by atoms with Crippen molar-refractivity contribution in [2.24, 2.45) is 0 Å². The van der Waals surface area contributed by atoms with Gasteiger partial charge in [0, 0.05) is 27.2 Å². The molecule has 0 aliphatic carbocycles. The number of furan rings is 1. The van der Waals surface area contributed by atoms with E-state index in [1.807, 2.05) is 38.2 Å². The second-order valence-corrected chi connectivity index (χ2v) is 9.04. The van der Waals surface area contributed by atoms with Crippen molar-refractivity contribution in [2.75, 3.05) is 51.0 Å². The maximum Gasteiger partial charge on any atom is 0.279 e. The lowest BCUT2D eigenvalue weighted by molar-refractivity contribution is -0.886. The molecule has 8 nitrogen and oxygen atoms in total. The van der Waals surface area contributed by atoms with E-state index in [-0.39, 0.29) is 17.3 Å². The van der Waals surface area contributed by atoms with Crippen LogP contribution in [0.1, 0.15) is 19.6 Å². The molecular formula is C20H31N4O4S+. The number of hydrogen-bond donors (Lipinski definition) is 2. The van der Waals surface area contributed by atoms with Crippen LogP contribution in [0, 0.1) is 0 Å². The summed E-state index contributed by atoms with van der Waals surface area (Å²) >= 11 is 0. The molecule has 2 aromatic rings. The van der Waals surface area contributed by atoms with Gasteiger partial charge in [-0.25, -0.2) is 8.42 Å². The topological polar surface area (TPSA) is 87.3 Å². The summed E-state index contributed by atoms with van der Waals surface area (Å²) in [5.74, 6) is 0.603. The standard InChI is InChI=1S/C20H30N4O4S/c1-6-24(7-2)29(26,27)17-10-11-19(22(3)4)18(13-17)21-20(25)15-23(5)14-16-9-8-12-28-16/h8-13H,6-7,14-15H2,1-5H3,(H,21,25)/p+1. The van der Waals surface area contributed by atoms with Gasteiger partial charge in [-0.15, -0.1) is 0 Å². The molecule has 0 bridgehead atoms. The van der Waals surface area contributed by atoms with Crippen LogP contribution in [0.15, 0.2) is 45.9 Å². The van der Waals surface area contributed by atoms with Gasteiger partial charge in [0.25, 0.3) is 5.91 Å². The SMILES string of the molecule is CCN(CC)S(=O)(=O)c1ccc(N(C)C)c(NC(=O)C[NH+](C)Cc2ccco2)c1. The van der Waals surface area contributed by atoms with Gasteiger partial charge in [0.15, 0.2) is 12.3 Å². The Labute approximate surface area is 173 Å². The molecule has 0 spiro atoms. The number of nitrogens with one attached hydrogen (secondary N) is 2. The van der Waals surface area contributed by atoms with Crippen LogP contribution in [0.3, 0.4) is 0 Å². The van der Waals surface area contributed by atoms with Crippen molar-refractivity contribution >= 4 is 27.3 Å². The molecule has 0 saturated heterocycles. The third-order valence-corrected chi connectivity index (χ3v) is 6.63. The van der Waals surface area contributed by atoms with Gasteiger partial charge in [0.05, 0.1) is 29.6 Å².